The highest BCUT2D eigenvalue weighted by molar-refractivity contribution is 7.99. The van der Waals surface area contributed by atoms with Crippen molar-refractivity contribution in [3.8, 4) is 0 Å². The highest BCUT2D eigenvalue weighted by Gasteiger charge is 2.16. The summed E-state index contributed by atoms with van der Waals surface area (Å²) < 4.78 is 0. The van der Waals surface area contributed by atoms with E-state index in [-0.39, 0.29) is 18.3 Å². The van der Waals surface area contributed by atoms with E-state index in [0.717, 1.165) is 24.5 Å². The van der Waals surface area contributed by atoms with Crippen molar-refractivity contribution in [2.75, 3.05) is 24.6 Å². The van der Waals surface area contributed by atoms with Gasteiger partial charge in [0.1, 0.15) is 0 Å². The Labute approximate surface area is 147 Å². The molecule has 2 aromatic rings. The van der Waals surface area contributed by atoms with Crippen molar-refractivity contribution < 1.29 is 4.79 Å². The maximum atomic E-state index is 12.0. The number of H-pyrrole nitrogens is 1. The van der Waals surface area contributed by atoms with Crippen LogP contribution in [0.4, 0.5) is 0 Å². The fourth-order valence-corrected chi connectivity index (χ4v) is 3.98. The lowest BCUT2D eigenvalue weighted by molar-refractivity contribution is -0.121. The minimum Gasteiger partial charge on any atom is -0.361 e. The van der Waals surface area contributed by atoms with Gasteiger partial charge in [0.2, 0.25) is 5.91 Å². The number of carbonyl (C=O) groups excluding carboxylic acids is 1. The number of aromatic nitrogens is 1. The molecule has 1 aliphatic rings. The van der Waals surface area contributed by atoms with E-state index in [2.05, 4.69) is 46.9 Å². The zero-order valence-electron chi connectivity index (χ0n) is 13.4. The number of amides is 1. The Balaban J connectivity index is 0.00000192. The summed E-state index contributed by atoms with van der Waals surface area (Å²) in [5, 5.41) is 7.74. The lowest BCUT2D eigenvalue weighted by atomic mass is 10.1. The Morgan fingerprint density at radius 2 is 2.30 bits per heavy atom. The Bertz CT molecular complexity index is 652. The van der Waals surface area contributed by atoms with Crippen LogP contribution in [0.15, 0.2) is 24.4 Å². The van der Waals surface area contributed by atoms with Gasteiger partial charge in [-0.15, -0.1) is 12.4 Å². The summed E-state index contributed by atoms with van der Waals surface area (Å²) in [6, 6.07) is 6.62. The molecule has 2 heterocycles. The van der Waals surface area contributed by atoms with Crippen LogP contribution in [0.3, 0.4) is 0 Å². The molecule has 126 valence electrons. The first-order valence-electron chi connectivity index (χ1n) is 7.87. The largest absolute Gasteiger partial charge is 0.361 e. The maximum Gasteiger partial charge on any atom is 0.221 e. The topological polar surface area (TPSA) is 56.9 Å². The monoisotopic (exact) mass is 353 g/mol. The molecular weight excluding hydrogens is 330 g/mol. The number of aromatic amines is 1. The minimum atomic E-state index is 0. The van der Waals surface area contributed by atoms with Crippen LogP contribution in [0.2, 0.25) is 0 Å². The van der Waals surface area contributed by atoms with E-state index in [0.29, 0.717) is 19.0 Å². The second kappa shape index (κ2) is 8.62. The van der Waals surface area contributed by atoms with Gasteiger partial charge in [0.25, 0.3) is 0 Å². The third-order valence-corrected chi connectivity index (χ3v) is 5.27. The number of carbonyl (C=O) groups is 1. The number of thioether (sulfide) groups is 1. The van der Waals surface area contributed by atoms with Crippen LogP contribution in [0.1, 0.15) is 17.5 Å². The molecule has 0 saturated carbocycles. The Morgan fingerprint density at radius 1 is 1.43 bits per heavy atom. The van der Waals surface area contributed by atoms with Crippen LogP contribution in [0.25, 0.3) is 10.9 Å². The molecule has 1 aliphatic heterocycles. The highest BCUT2D eigenvalue weighted by Crippen LogP contribution is 2.22. The molecule has 1 saturated heterocycles. The van der Waals surface area contributed by atoms with Gasteiger partial charge in [0.15, 0.2) is 0 Å². The summed E-state index contributed by atoms with van der Waals surface area (Å²) in [5.74, 6) is 2.34. The quantitative estimate of drug-likeness (QED) is 0.774. The van der Waals surface area contributed by atoms with Crippen molar-refractivity contribution >= 4 is 41.0 Å². The molecule has 4 nitrogen and oxygen atoms in total. The van der Waals surface area contributed by atoms with Gasteiger partial charge >= 0.3 is 0 Å². The van der Waals surface area contributed by atoms with E-state index in [4.69, 9.17) is 0 Å². The van der Waals surface area contributed by atoms with E-state index in [1.165, 1.54) is 22.0 Å². The van der Waals surface area contributed by atoms with E-state index in [1.54, 1.807) is 0 Å². The first-order valence-corrected chi connectivity index (χ1v) is 9.03. The summed E-state index contributed by atoms with van der Waals surface area (Å²) in [5.41, 5.74) is 3.73. The summed E-state index contributed by atoms with van der Waals surface area (Å²) in [6.07, 6.45) is 3.51. The predicted octanol–water partition coefficient (Wildman–Crippen LogP) is 2.65. The molecule has 1 fully saturated rings. The van der Waals surface area contributed by atoms with Crippen LogP contribution < -0.4 is 10.6 Å². The molecule has 0 radical (unpaired) electrons. The molecule has 1 unspecified atom stereocenters. The van der Waals surface area contributed by atoms with Gasteiger partial charge in [-0.2, -0.15) is 11.8 Å². The first-order chi connectivity index (χ1) is 10.7. The van der Waals surface area contributed by atoms with Gasteiger partial charge in [-0.25, -0.2) is 0 Å². The van der Waals surface area contributed by atoms with E-state index in [9.17, 15) is 4.79 Å². The third kappa shape index (κ3) is 4.66. The van der Waals surface area contributed by atoms with Gasteiger partial charge in [0.05, 0.1) is 0 Å². The average Bonchev–Trinajstić information content (AvgIpc) is 2.93. The first kappa shape index (κ1) is 18.2. The van der Waals surface area contributed by atoms with Gasteiger partial charge in [0, 0.05) is 54.2 Å². The fourth-order valence-electron chi connectivity index (χ4n) is 3.03. The van der Waals surface area contributed by atoms with E-state index in [1.807, 2.05) is 11.8 Å². The van der Waals surface area contributed by atoms with Gasteiger partial charge < -0.3 is 15.6 Å². The molecule has 1 aromatic heterocycles. The Kier molecular flexibility index (Phi) is 6.81. The number of fused-ring (bicyclic) bond motifs is 1. The molecule has 1 aromatic carbocycles. The summed E-state index contributed by atoms with van der Waals surface area (Å²) >= 11 is 1.92. The second-order valence-electron chi connectivity index (χ2n) is 5.84. The minimum absolute atomic E-state index is 0. The zero-order chi connectivity index (χ0) is 15.4. The third-order valence-electron chi connectivity index (χ3n) is 4.14. The fraction of sp³-hybridized carbons (Fsp3) is 0.471. The number of halogens is 1. The number of hydrogen-bond acceptors (Lipinski definition) is 3. The van der Waals surface area contributed by atoms with Gasteiger partial charge in [-0.3, -0.25) is 4.79 Å². The van der Waals surface area contributed by atoms with Crippen molar-refractivity contribution in [3.63, 3.8) is 0 Å². The smallest absolute Gasteiger partial charge is 0.221 e. The second-order valence-corrected chi connectivity index (χ2v) is 6.99. The molecule has 3 rings (SSSR count). The van der Waals surface area contributed by atoms with E-state index >= 15 is 0 Å². The number of rotatable bonds is 5. The summed E-state index contributed by atoms with van der Waals surface area (Å²) in [6.45, 7) is 3.84. The van der Waals surface area contributed by atoms with E-state index < -0.39 is 0 Å². The summed E-state index contributed by atoms with van der Waals surface area (Å²) in [7, 11) is 0. The molecule has 3 N–H and O–H groups in total. The number of nitrogens with one attached hydrogen (secondary N) is 3. The summed E-state index contributed by atoms with van der Waals surface area (Å²) in [4.78, 5) is 15.3. The van der Waals surface area contributed by atoms with Crippen molar-refractivity contribution in [3.05, 3.63) is 35.5 Å². The van der Waals surface area contributed by atoms with Crippen molar-refractivity contribution in [2.24, 2.45) is 0 Å². The normalized spacial score (nSPS) is 17.7. The van der Waals surface area contributed by atoms with Crippen LogP contribution >= 0.6 is 24.2 Å². The van der Waals surface area contributed by atoms with Crippen molar-refractivity contribution in [1.29, 1.82) is 0 Å². The predicted molar refractivity (Wildman–Crippen MR) is 101 cm³/mol. The maximum absolute atomic E-state index is 12.0. The molecule has 1 amide bonds. The van der Waals surface area contributed by atoms with Crippen LogP contribution in [0.5, 0.6) is 0 Å². The molecule has 0 aliphatic carbocycles. The standard InChI is InChI=1S/C17H23N3OS.ClH/c1-12-3-2-4-15-17(12)13(10-20-15)5-6-19-16(21)9-14-11-22-8-7-18-14;/h2-4,10,14,18,20H,5-9,11H2,1H3,(H,19,21);1H. The van der Waals surface area contributed by atoms with Gasteiger partial charge in [-0.1, -0.05) is 12.1 Å². The molecule has 0 bridgehead atoms. The molecular formula is C17H24ClN3OS. The molecule has 6 heteroatoms. The highest BCUT2D eigenvalue weighted by atomic mass is 35.5. The average molecular weight is 354 g/mol. The van der Waals surface area contributed by atoms with Crippen molar-refractivity contribution in [2.45, 2.75) is 25.8 Å². The van der Waals surface area contributed by atoms with Gasteiger partial charge in [-0.05, 0) is 30.5 Å². The Hall–Kier alpha value is -1.17. The number of benzene rings is 1. The van der Waals surface area contributed by atoms with Crippen LogP contribution in [-0.4, -0.2) is 41.5 Å². The van der Waals surface area contributed by atoms with Crippen LogP contribution in [-0.2, 0) is 11.2 Å². The molecule has 1 atom stereocenters. The number of aryl methyl sites for hydroxylation is 1. The lowest BCUT2D eigenvalue weighted by Gasteiger charge is -2.22. The molecule has 0 spiro atoms. The Morgan fingerprint density at radius 3 is 3.09 bits per heavy atom. The van der Waals surface area contributed by atoms with Crippen molar-refractivity contribution in [1.82, 2.24) is 15.6 Å². The molecule has 23 heavy (non-hydrogen) atoms. The number of hydrogen-bond donors (Lipinski definition) is 3. The SMILES string of the molecule is Cc1cccc2[nH]cc(CCNC(=O)CC3CSCCN3)c12.Cl. The lowest BCUT2D eigenvalue weighted by Crippen LogP contribution is -2.41. The zero-order valence-corrected chi connectivity index (χ0v) is 15.0. The van der Waals surface area contributed by atoms with Crippen LogP contribution in [0, 0.1) is 6.92 Å².